The van der Waals surface area contributed by atoms with Gasteiger partial charge in [0.2, 0.25) is 0 Å². The monoisotopic (exact) mass is 321 g/mol. The number of carbonyl (C=O) groups excluding carboxylic acids is 1. The molecule has 6 heteroatoms. The molecule has 0 bridgehead atoms. The highest BCUT2D eigenvalue weighted by Crippen LogP contribution is 2.23. The third kappa shape index (κ3) is 3.33. The van der Waals surface area contributed by atoms with Gasteiger partial charge in [0.15, 0.2) is 5.69 Å². The number of hydrogen-bond donors (Lipinski definition) is 2. The molecular formula is C18H15N3O3. The molecule has 2 N–H and O–H groups in total. The van der Waals surface area contributed by atoms with Crippen molar-refractivity contribution in [3.63, 3.8) is 0 Å². The first-order valence-electron chi connectivity index (χ1n) is 7.36. The van der Waals surface area contributed by atoms with Gasteiger partial charge in [-0.25, -0.2) is 4.68 Å². The van der Waals surface area contributed by atoms with Crippen LogP contribution in [-0.2, 0) is 4.79 Å². The average molecular weight is 321 g/mol. The predicted molar refractivity (Wildman–Crippen MR) is 89.0 cm³/mol. The van der Waals surface area contributed by atoms with E-state index in [0.29, 0.717) is 0 Å². The second-order valence-electron chi connectivity index (χ2n) is 5.10. The molecule has 0 fully saturated rings. The number of aromatic nitrogens is 2. The Bertz CT molecular complexity index is 801. The molecule has 3 aromatic rings. The van der Waals surface area contributed by atoms with Crippen LogP contribution in [0, 0.1) is 0 Å². The lowest BCUT2D eigenvalue weighted by atomic mass is 10.1. The van der Waals surface area contributed by atoms with E-state index in [9.17, 15) is 9.59 Å². The van der Waals surface area contributed by atoms with Gasteiger partial charge in [0.1, 0.15) is 6.54 Å². The SMILES string of the molecule is O=C(O)CNC(=O)c1cc(-c2ccccc2)n(-c2ccccc2)n1. The Balaban J connectivity index is 2.03. The molecular weight excluding hydrogens is 306 g/mol. The van der Waals surface area contributed by atoms with Gasteiger partial charge in [-0.05, 0) is 18.2 Å². The number of nitrogens with one attached hydrogen (secondary N) is 1. The first-order chi connectivity index (χ1) is 11.6. The second kappa shape index (κ2) is 6.78. The lowest BCUT2D eigenvalue weighted by Crippen LogP contribution is -2.29. The largest absolute Gasteiger partial charge is 0.480 e. The lowest BCUT2D eigenvalue weighted by molar-refractivity contribution is -0.135. The second-order valence-corrected chi connectivity index (χ2v) is 5.10. The highest BCUT2D eigenvalue weighted by Gasteiger charge is 2.17. The number of nitrogens with zero attached hydrogens (tertiary/aromatic N) is 2. The standard InChI is InChI=1S/C18H15N3O3/c22-17(23)12-19-18(24)15-11-16(13-7-3-1-4-8-13)21(20-15)14-9-5-2-6-10-14/h1-11H,12H2,(H,19,24)(H,22,23). The van der Waals surface area contributed by atoms with Gasteiger partial charge in [-0.3, -0.25) is 9.59 Å². The van der Waals surface area contributed by atoms with Crippen molar-refractivity contribution in [1.82, 2.24) is 15.1 Å². The summed E-state index contributed by atoms with van der Waals surface area (Å²) < 4.78 is 1.67. The number of benzene rings is 2. The first-order valence-corrected chi connectivity index (χ1v) is 7.36. The molecule has 0 spiro atoms. The van der Waals surface area contributed by atoms with Gasteiger partial charge < -0.3 is 10.4 Å². The molecule has 3 rings (SSSR count). The molecule has 6 nitrogen and oxygen atoms in total. The van der Waals surface area contributed by atoms with Crippen LogP contribution < -0.4 is 5.32 Å². The summed E-state index contributed by atoms with van der Waals surface area (Å²) in [4.78, 5) is 22.7. The summed E-state index contributed by atoms with van der Waals surface area (Å²) in [6.07, 6.45) is 0. The van der Waals surface area contributed by atoms with Gasteiger partial charge in [0, 0.05) is 5.56 Å². The van der Waals surface area contributed by atoms with Crippen LogP contribution in [0.15, 0.2) is 66.7 Å². The van der Waals surface area contributed by atoms with Crippen LogP contribution >= 0.6 is 0 Å². The molecule has 0 radical (unpaired) electrons. The third-order valence-corrected chi connectivity index (χ3v) is 3.41. The van der Waals surface area contributed by atoms with Crippen molar-refractivity contribution >= 4 is 11.9 Å². The smallest absolute Gasteiger partial charge is 0.322 e. The molecule has 1 amide bonds. The van der Waals surface area contributed by atoms with Crippen molar-refractivity contribution in [3.05, 3.63) is 72.4 Å². The average Bonchev–Trinajstić information content (AvgIpc) is 3.06. The van der Waals surface area contributed by atoms with Crippen molar-refractivity contribution < 1.29 is 14.7 Å². The topological polar surface area (TPSA) is 84.2 Å². The van der Waals surface area contributed by atoms with E-state index in [2.05, 4.69) is 10.4 Å². The fourth-order valence-corrected chi connectivity index (χ4v) is 2.32. The Kier molecular flexibility index (Phi) is 4.38. The number of hydrogen-bond acceptors (Lipinski definition) is 3. The Morgan fingerprint density at radius 3 is 2.25 bits per heavy atom. The minimum atomic E-state index is -1.10. The third-order valence-electron chi connectivity index (χ3n) is 3.41. The molecule has 0 unspecified atom stereocenters. The highest BCUT2D eigenvalue weighted by atomic mass is 16.4. The summed E-state index contributed by atoms with van der Waals surface area (Å²) in [5.41, 5.74) is 2.64. The molecule has 120 valence electrons. The number of rotatable bonds is 5. The molecule has 0 aliphatic heterocycles. The Morgan fingerprint density at radius 1 is 1.00 bits per heavy atom. The molecule has 0 atom stereocenters. The molecule has 1 aromatic heterocycles. The molecule has 24 heavy (non-hydrogen) atoms. The van der Waals surface area contributed by atoms with Crippen molar-refractivity contribution in [1.29, 1.82) is 0 Å². The van der Waals surface area contributed by atoms with E-state index in [-0.39, 0.29) is 5.69 Å². The van der Waals surface area contributed by atoms with E-state index < -0.39 is 18.4 Å². The van der Waals surface area contributed by atoms with Crippen LogP contribution in [0.1, 0.15) is 10.5 Å². The fraction of sp³-hybridized carbons (Fsp3) is 0.0556. The van der Waals surface area contributed by atoms with Crippen LogP contribution in [0.3, 0.4) is 0 Å². The minimum absolute atomic E-state index is 0.166. The Labute approximate surface area is 138 Å². The zero-order chi connectivity index (χ0) is 16.9. The highest BCUT2D eigenvalue weighted by molar-refractivity contribution is 5.95. The van der Waals surface area contributed by atoms with Crippen molar-refractivity contribution in [2.45, 2.75) is 0 Å². The van der Waals surface area contributed by atoms with E-state index >= 15 is 0 Å². The van der Waals surface area contributed by atoms with Gasteiger partial charge in [0.25, 0.3) is 5.91 Å². The maximum Gasteiger partial charge on any atom is 0.322 e. The number of carboxylic acid groups (broad SMARTS) is 1. The van der Waals surface area contributed by atoms with Crippen molar-refractivity contribution in [2.75, 3.05) is 6.54 Å². The molecule has 0 saturated heterocycles. The van der Waals surface area contributed by atoms with Gasteiger partial charge in [-0.2, -0.15) is 5.10 Å². The molecule has 2 aromatic carbocycles. The van der Waals surface area contributed by atoms with Gasteiger partial charge in [-0.1, -0.05) is 48.5 Å². The van der Waals surface area contributed by atoms with Crippen LogP contribution in [0.4, 0.5) is 0 Å². The van der Waals surface area contributed by atoms with Crippen LogP contribution in [-0.4, -0.2) is 33.3 Å². The number of amides is 1. The van der Waals surface area contributed by atoms with Crippen LogP contribution in [0.2, 0.25) is 0 Å². The molecule has 1 heterocycles. The van der Waals surface area contributed by atoms with E-state index in [0.717, 1.165) is 16.9 Å². The summed E-state index contributed by atoms with van der Waals surface area (Å²) in [6.45, 7) is -0.447. The van der Waals surface area contributed by atoms with E-state index in [4.69, 9.17) is 5.11 Å². The van der Waals surface area contributed by atoms with Gasteiger partial charge in [-0.15, -0.1) is 0 Å². The normalized spacial score (nSPS) is 10.3. The van der Waals surface area contributed by atoms with E-state index in [1.54, 1.807) is 10.7 Å². The summed E-state index contributed by atoms with van der Waals surface area (Å²) in [5.74, 6) is -1.63. The quantitative estimate of drug-likeness (QED) is 0.755. The summed E-state index contributed by atoms with van der Waals surface area (Å²) in [6, 6.07) is 20.7. The summed E-state index contributed by atoms with van der Waals surface area (Å²) in [7, 11) is 0. The molecule has 0 aliphatic carbocycles. The maximum atomic E-state index is 12.1. The summed E-state index contributed by atoms with van der Waals surface area (Å²) in [5, 5.41) is 15.4. The predicted octanol–water partition coefficient (Wildman–Crippen LogP) is 2.35. The number of carboxylic acids is 1. The summed E-state index contributed by atoms with van der Waals surface area (Å²) >= 11 is 0. The molecule has 0 saturated carbocycles. The lowest BCUT2D eigenvalue weighted by Gasteiger charge is -2.07. The minimum Gasteiger partial charge on any atom is -0.480 e. The van der Waals surface area contributed by atoms with Crippen LogP contribution in [0.25, 0.3) is 16.9 Å². The fourth-order valence-electron chi connectivity index (χ4n) is 2.32. The maximum absolute atomic E-state index is 12.1. The van der Waals surface area contributed by atoms with E-state index in [1.807, 2.05) is 60.7 Å². The zero-order valence-electron chi connectivity index (χ0n) is 12.7. The van der Waals surface area contributed by atoms with Crippen molar-refractivity contribution in [2.24, 2.45) is 0 Å². The van der Waals surface area contributed by atoms with Crippen LogP contribution in [0.5, 0.6) is 0 Å². The van der Waals surface area contributed by atoms with Gasteiger partial charge >= 0.3 is 5.97 Å². The number of carbonyl (C=O) groups is 2. The Morgan fingerprint density at radius 2 is 1.62 bits per heavy atom. The van der Waals surface area contributed by atoms with E-state index in [1.165, 1.54) is 0 Å². The Hall–Kier alpha value is -3.41. The molecule has 0 aliphatic rings. The van der Waals surface area contributed by atoms with Gasteiger partial charge in [0.05, 0.1) is 11.4 Å². The number of para-hydroxylation sites is 1. The zero-order valence-corrected chi connectivity index (χ0v) is 12.7. The first kappa shape index (κ1) is 15.5. The number of aliphatic carboxylic acids is 1. The van der Waals surface area contributed by atoms with Crippen molar-refractivity contribution in [3.8, 4) is 16.9 Å².